The highest BCUT2D eigenvalue weighted by atomic mass is 16.5. The van der Waals surface area contributed by atoms with E-state index in [4.69, 9.17) is 11.2 Å². The van der Waals surface area contributed by atoms with Gasteiger partial charge >= 0.3 is 0 Å². The summed E-state index contributed by atoms with van der Waals surface area (Å²) in [5.41, 5.74) is 1.44. The Morgan fingerprint density at radius 3 is 2.91 bits per heavy atom. The molecule has 1 fully saturated rings. The molecule has 2 unspecified atom stereocenters. The molecule has 1 aromatic heterocycles. The molecule has 118 valence electrons. The molecule has 1 aromatic rings. The molecule has 1 aliphatic rings. The normalized spacial score (nSPS) is 21.2. The number of carbonyl (C=O) groups excluding carboxylic acids is 1. The van der Waals surface area contributed by atoms with Gasteiger partial charge in [-0.05, 0) is 32.4 Å². The van der Waals surface area contributed by atoms with E-state index in [1.54, 1.807) is 6.20 Å². The molecule has 0 bridgehead atoms. The second-order valence-corrected chi connectivity index (χ2v) is 5.63. The van der Waals surface area contributed by atoms with Crippen molar-refractivity contribution in [3.63, 3.8) is 0 Å². The number of morpholine rings is 1. The Labute approximate surface area is 132 Å². The zero-order chi connectivity index (χ0) is 15.9. The smallest absolute Gasteiger partial charge is 0.269 e. The van der Waals surface area contributed by atoms with E-state index < -0.39 is 0 Å². The minimum atomic E-state index is -0.159. The fraction of sp³-hybridized carbons (Fsp3) is 0.529. The molecule has 2 heterocycles. The molecule has 0 aromatic carbocycles. The standard InChI is InChI=1S/C17H23N3O2/c1-4-5-6-8-19-17(21)16-10-15(7-9-18-16)20-11-13(2)22-14(3)12-20/h1,7,9-10,13-14H,5-6,8,11-12H2,2-3H3,(H,19,21). The monoisotopic (exact) mass is 301 g/mol. The van der Waals surface area contributed by atoms with Crippen molar-refractivity contribution in [2.45, 2.75) is 38.9 Å². The van der Waals surface area contributed by atoms with Gasteiger partial charge in [0.15, 0.2) is 0 Å². The maximum Gasteiger partial charge on any atom is 0.269 e. The lowest BCUT2D eigenvalue weighted by atomic mass is 10.2. The summed E-state index contributed by atoms with van der Waals surface area (Å²) in [5.74, 6) is 2.40. The fourth-order valence-electron chi connectivity index (χ4n) is 2.61. The van der Waals surface area contributed by atoms with Gasteiger partial charge in [-0.2, -0.15) is 0 Å². The molecule has 2 atom stereocenters. The molecule has 22 heavy (non-hydrogen) atoms. The predicted molar refractivity (Wildman–Crippen MR) is 86.9 cm³/mol. The van der Waals surface area contributed by atoms with E-state index >= 15 is 0 Å². The van der Waals surface area contributed by atoms with E-state index in [1.165, 1.54) is 0 Å². The Bertz CT molecular complexity index is 543. The van der Waals surface area contributed by atoms with E-state index in [2.05, 4.69) is 35.0 Å². The van der Waals surface area contributed by atoms with Crippen LogP contribution in [0.1, 0.15) is 37.2 Å². The Morgan fingerprint density at radius 2 is 2.23 bits per heavy atom. The van der Waals surface area contributed by atoms with Crippen LogP contribution in [-0.2, 0) is 4.74 Å². The highest BCUT2D eigenvalue weighted by Gasteiger charge is 2.23. The number of nitrogens with zero attached hydrogens (tertiary/aromatic N) is 2. The van der Waals surface area contributed by atoms with Crippen LogP contribution >= 0.6 is 0 Å². The van der Waals surface area contributed by atoms with E-state index in [0.717, 1.165) is 25.2 Å². The molecular weight excluding hydrogens is 278 g/mol. The highest BCUT2D eigenvalue weighted by Crippen LogP contribution is 2.20. The lowest BCUT2D eigenvalue weighted by Gasteiger charge is -2.36. The van der Waals surface area contributed by atoms with Gasteiger partial charge in [0.25, 0.3) is 5.91 Å². The molecule has 0 radical (unpaired) electrons. The molecule has 1 aliphatic heterocycles. The molecule has 1 saturated heterocycles. The number of terminal acetylenes is 1. The van der Waals surface area contributed by atoms with Gasteiger partial charge in [0.05, 0.1) is 12.2 Å². The predicted octanol–water partition coefficient (Wildman–Crippen LogP) is 1.84. The second-order valence-electron chi connectivity index (χ2n) is 5.63. The first-order valence-electron chi connectivity index (χ1n) is 7.68. The van der Waals surface area contributed by atoms with Crippen LogP contribution in [0.25, 0.3) is 0 Å². The number of aromatic nitrogens is 1. The molecule has 0 spiro atoms. The van der Waals surface area contributed by atoms with E-state index in [1.807, 2.05) is 12.1 Å². The van der Waals surface area contributed by atoms with Gasteiger partial charge in [-0.1, -0.05) is 0 Å². The summed E-state index contributed by atoms with van der Waals surface area (Å²) in [6.45, 7) is 6.32. The molecule has 0 saturated carbocycles. The quantitative estimate of drug-likeness (QED) is 0.666. The van der Waals surface area contributed by atoms with Crippen molar-refractivity contribution >= 4 is 11.6 Å². The number of unbranched alkanes of at least 4 members (excludes halogenated alkanes) is 1. The van der Waals surface area contributed by atoms with Gasteiger partial charge < -0.3 is 15.0 Å². The highest BCUT2D eigenvalue weighted by molar-refractivity contribution is 5.93. The summed E-state index contributed by atoms with van der Waals surface area (Å²) in [7, 11) is 0. The third-order valence-corrected chi connectivity index (χ3v) is 3.54. The van der Waals surface area contributed by atoms with E-state index in [9.17, 15) is 4.79 Å². The Morgan fingerprint density at radius 1 is 1.50 bits per heavy atom. The summed E-state index contributed by atoms with van der Waals surface area (Å²) in [6, 6.07) is 3.77. The summed E-state index contributed by atoms with van der Waals surface area (Å²) in [5, 5.41) is 2.84. The van der Waals surface area contributed by atoms with Crippen molar-refractivity contribution in [1.82, 2.24) is 10.3 Å². The number of pyridine rings is 1. The fourth-order valence-corrected chi connectivity index (χ4v) is 2.61. The van der Waals surface area contributed by atoms with Crippen molar-refractivity contribution < 1.29 is 9.53 Å². The first kappa shape index (κ1) is 16.3. The SMILES string of the molecule is C#CCCCNC(=O)c1cc(N2CC(C)OC(C)C2)ccn1. The average Bonchev–Trinajstić information content (AvgIpc) is 2.50. The van der Waals surface area contributed by atoms with Crippen molar-refractivity contribution in [2.24, 2.45) is 0 Å². The van der Waals surface area contributed by atoms with Crippen LogP contribution in [0, 0.1) is 12.3 Å². The van der Waals surface area contributed by atoms with Crippen LogP contribution in [0.15, 0.2) is 18.3 Å². The minimum Gasteiger partial charge on any atom is -0.372 e. The summed E-state index contributed by atoms with van der Waals surface area (Å²) < 4.78 is 5.74. The topological polar surface area (TPSA) is 54.5 Å². The summed E-state index contributed by atoms with van der Waals surface area (Å²) >= 11 is 0. The van der Waals surface area contributed by atoms with Crippen molar-refractivity contribution in [3.8, 4) is 12.3 Å². The maximum absolute atomic E-state index is 12.1. The van der Waals surface area contributed by atoms with Gasteiger partial charge in [0.1, 0.15) is 5.69 Å². The van der Waals surface area contributed by atoms with Crippen molar-refractivity contribution in [2.75, 3.05) is 24.5 Å². The van der Waals surface area contributed by atoms with Crippen LogP contribution in [-0.4, -0.2) is 42.7 Å². The van der Waals surface area contributed by atoms with Crippen LogP contribution in [0.4, 0.5) is 5.69 Å². The molecular formula is C17H23N3O2. The molecule has 0 aliphatic carbocycles. The Hall–Kier alpha value is -2.06. The number of anilines is 1. The van der Waals surface area contributed by atoms with Crippen LogP contribution in [0.2, 0.25) is 0 Å². The first-order chi connectivity index (χ1) is 10.6. The largest absolute Gasteiger partial charge is 0.372 e. The maximum atomic E-state index is 12.1. The number of hydrogen-bond acceptors (Lipinski definition) is 4. The average molecular weight is 301 g/mol. The third-order valence-electron chi connectivity index (χ3n) is 3.54. The zero-order valence-electron chi connectivity index (χ0n) is 13.2. The number of amides is 1. The van der Waals surface area contributed by atoms with Gasteiger partial charge in [0.2, 0.25) is 0 Å². The Balaban J connectivity index is 2.00. The summed E-state index contributed by atoms with van der Waals surface area (Å²) in [6.07, 6.45) is 8.67. The number of hydrogen-bond donors (Lipinski definition) is 1. The van der Waals surface area contributed by atoms with Crippen molar-refractivity contribution in [1.29, 1.82) is 0 Å². The second kappa shape index (κ2) is 7.81. The molecule has 2 rings (SSSR count). The number of nitrogens with one attached hydrogen (secondary N) is 1. The van der Waals surface area contributed by atoms with Crippen LogP contribution in [0.5, 0.6) is 0 Å². The van der Waals surface area contributed by atoms with Crippen LogP contribution < -0.4 is 10.2 Å². The lowest BCUT2D eigenvalue weighted by Crippen LogP contribution is -2.45. The van der Waals surface area contributed by atoms with E-state index in [-0.39, 0.29) is 18.1 Å². The minimum absolute atomic E-state index is 0.159. The first-order valence-corrected chi connectivity index (χ1v) is 7.68. The number of carbonyl (C=O) groups is 1. The molecule has 1 N–H and O–H groups in total. The van der Waals surface area contributed by atoms with Crippen molar-refractivity contribution in [3.05, 3.63) is 24.0 Å². The molecule has 1 amide bonds. The number of rotatable bonds is 5. The third kappa shape index (κ3) is 4.47. The van der Waals surface area contributed by atoms with Gasteiger partial charge in [-0.3, -0.25) is 9.78 Å². The molecule has 5 heteroatoms. The summed E-state index contributed by atoms with van der Waals surface area (Å²) in [4.78, 5) is 18.5. The molecule has 5 nitrogen and oxygen atoms in total. The zero-order valence-corrected chi connectivity index (χ0v) is 13.2. The van der Waals surface area contributed by atoms with E-state index in [0.29, 0.717) is 18.7 Å². The van der Waals surface area contributed by atoms with Crippen LogP contribution in [0.3, 0.4) is 0 Å². The Kier molecular flexibility index (Phi) is 5.79. The lowest BCUT2D eigenvalue weighted by molar-refractivity contribution is -0.00522. The van der Waals surface area contributed by atoms with Gasteiger partial charge in [-0.15, -0.1) is 12.3 Å². The van der Waals surface area contributed by atoms with Gasteiger partial charge in [0, 0.05) is 37.9 Å². The van der Waals surface area contributed by atoms with Gasteiger partial charge in [-0.25, -0.2) is 0 Å². The number of ether oxygens (including phenoxy) is 1.